The zero-order chi connectivity index (χ0) is 18.5. The number of halogens is 2. The summed E-state index contributed by atoms with van der Waals surface area (Å²) in [4.78, 5) is 6.80. The van der Waals surface area contributed by atoms with Crippen molar-refractivity contribution in [3.63, 3.8) is 0 Å². The molecule has 1 saturated carbocycles. The second kappa shape index (κ2) is 10.0. The molecule has 0 atom stereocenters. The first kappa shape index (κ1) is 21.6. The number of nitrogens with one attached hydrogen (secondary N) is 1. The Balaban J connectivity index is 0.00000261. The second-order valence-electron chi connectivity index (χ2n) is 6.97. The predicted molar refractivity (Wildman–Crippen MR) is 116 cm³/mol. The molecule has 1 N–H and O–H groups in total. The Morgan fingerprint density at radius 2 is 2.07 bits per heavy atom. The Hall–Kier alpha value is -1.71. The van der Waals surface area contributed by atoms with Crippen LogP contribution in [0.3, 0.4) is 0 Å². The first-order valence-electron chi connectivity index (χ1n) is 9.14. The van der Waals surface area contributed by atoms with Crippen LogP contribution >= 0.6 is 24.0 Å². The molecule has 1 aromatic carbocycles. The zero-order valence-corrected chi connectivity index (χ0v) is 18.5. The van der Waals surface area contributed by atoms with Crippen LogP contribution in [-0.4, -0.2) is 38.7 Å². The Kier molecular flexibility index (Phi) is 8.00. The summed E-state index contributed by atoms with van der Waals surface area (Å²) >= 11 is 0. The Morgan fingerprint density at radius 3 is 2.70 bits per heavy atom. The third-order valence-electron chi connectivity index (χ3n) is 4.91. The van der Waals surface area contributed by atoms with Gasteiger partial charge in [-0.25, -0.2) is 9.38 Å². The summed E-state index contributed by atoms with van der Waals surface area (Å²) < 4.78 is 15.4. The van der Waals surface area contributed by atoms with E-state index in [0.29, 0.717) is 19.1 Å². The molecule has 0 radical (unpaired) electrons. The van der Waals surface area contributed by atoms with Gasteiger partial charge in [-0.3, -0.25) is 0 Å². The molecular formula is C19H28FIN6. The Morgan fingerprint density at radius 1 is 1.33 bits per heavy atom. The van der Waals surface area contributed by atoms with Crippen molar-refractivity contribution < 1.29 is 4.39 Å². The first-order valence-corrected chi connectivity index (χ1v) is 9.14. The highest BCUT2D eigenvalue weighted by molar-refractivity contribution is 14.0. The SMILES string of the molecule is Cc1nnc(CN=C(NC2CCCC2)N(C)Cc2cccc(F)c2)n1C.I. The fourth-order valence-corrected chi connectivity index (χ4v) is 3.25. The van der Waals surface area contributed by atoms with Crippen molar-refractivity contribution in [2.45, 2.75) is 51.7 Å². The third-order valence-corrected chi connectivity index (χ3v) is 4.91. The number of benzene rings is 1. The molecule has 0 aliphatic heterocycles. The summed E-state index contributed by atoms with van der Waals surface area (Å²) in [5, 5.41) is 11.8. The number of rotatable bonds is 5. The molecule has 1 heterocycles. The van der Waals surface area contributed by atoms with Gasteiger partial charge in [-0.1, -0.05) is 25.0 Å². The lowest BCUT2D eigenvalue weighted by Crippen LogP contribution is -2.43. The van der Waals surface area contributed by atoms with E-state index in [4.69, 9.17) is 4.99 Å². The van der Waals surface area contributed by atoms with Gasteiger partial charge in [0.05, 0.1) is 0 Å². The van der Waals surface area contributed by atoms with Crippen molar-refractivity contribution in [1.29, 1.82) is 0 Å². The van der Waals surface area contributed by atoms with E-state index >= 15 is 0 Å². The van der Waals surface area contributed by atoms with Crippen molar-refractivity contribution in [1.82, 2.24) is 25.0 Å². The molecule has 3 rings (SSSR count). The van der Waals surface area contributed by atoms with E-state index in [9.17, 15) is 4.39 Å². The minimum Gasteiger partial charge on any atom is -0.353 e. The molecule has 148 valence electrons. The van der Waals surface area contributed by atoms with Gasteiger partial charge >= 0.3 is 0 Å². The van der Waals surface area contributed by atoms with Gasteiger partial charge in [-0.05, 0) is 37.5 Å². The zero-order valence-electron chi connectivity index (χ0n) is 16.2. The Bertz CT molecular complexity index is 769. The van der Waals surface area contributed by atoms with Crippen LogP contribution in [-0.2, 0) is 20.1 Å². The number of guanidine groups is 1. The Labute approximate surface area is 177 Å². The number of hydrogen-bond donors (Lipinski definition) is 1. The van der Waals surface area contributed by atoms with Crippen LogP contribution in [0.5, 0.6) is 0 Å². The number of aryl methyl sites for hydroxylation is 1. The van der Waals surface area contributed by atoms with Gasteiger partial charge < -0.3 is 14.8 Å². The number of nitrogens with zero attached hydrogens (tertiary/aromatic N) is 5. The molecule has 8 heteroatoms. The molecule has 1 aliphatic rings. The number of hydrogen-bond acceptors (Lipinski definition) is 3. The fraction of sp³-hybridized carbons (Fsp3) is 0.526. The molecule has 0 amide bonds. The van der Waals surface area contributed by atoms with Crippen molar-refractivity contribution in [2.75, 3.05) is 7.05 Å². The van der Waals surface area contributed by atoms with E-state index in [-0.39, 0.29) is 29.8 Å². The molecule has 0 unspecified atom stereocenters. The lowest BCUT2D eigenvalue weighted by Gasteiger charge is -2.25. The van der Waals surface area contributed by atoms with E-state index in [1.54, 1.807) is 12.1 Å². The maximum atomic E-state index is 13.5. The normalized spacial score (nSPS) is 14.9. The lowest BCUT2D eigenvalue weighted by atomic mass is 10.2. The molecule has 0 saturated heterocycles. The molecule has 6 nitrogen and oxygen atoms in total. The van der Waals surface area contributed by atoms with Gasteiger partial charge in [0, 0.05) is 26.7 Å². The van der Waals surface area contributed by atoms with Gasteiger partial charge in [0.2, 0.25) is 0 Å². The minimum atomic E-state index is -0.215. The van der Waals surface area contributed by atoms with Crippen molar-refractivity contribution >= 4 is 29.9 Å². The summed E-state index contributed by atoms with van der Waals surface area (Å²) in [7, 11) is 3.92. The largest absolute Gasteiger partial charge is 0.353 e. The van der Waals surface area contributed by atoms with E-state index < -0.39 is 0 Å². The highest BCUT2D eigenvalue weighted by atomic mass is 127. The molecule has 2 aromatic rings. The maximum Gasteiger partial charge on any atom is 0.194 e. The molecule has 1 aliphatic carbocycles. The van der Waals surface area contributed by atoms with Crippen molar-refractivity contribution in [3.05, 3.63) is 47.3 Å². The first-order chi connectivity index (χ1) is 12.5. The summed E-state index contributed by atoms with van der Waals surface area (Å²) in [5.41, 5.74) is 0.919. The smallest absolute Gasteiger partial charge is 0.194 e. The fourth-order valence-electron chi connectivity index (χ4n) is 3.25. The maximum absolute atomic E-state index is 13.5. The molecule has 0 spiro atoms. The van der Waals surface area contributed by atoms with Crippen LogP contribution in [0.2, 0.25) is 0 Å². The van der Waals surface area contributed by atoms with Crippen LogP contribution in [0.25, 0.3) is 0 Å². The van der Waals surface area contributed by atoms with Gasteiger partial charge in [-0.15, -0.1) is 34.2 Å². The predicted octanol–water partition coefficient (Wildman–Crippen LogP) is 3.40. The highest BCUT2D eigenvalue weighted by Crippen LogP contribution is 2.18. The molecule has 1 aromatic heterocycles. The quantitative estimate of drug-likeness (QED) is 0.400. The lowest BCUT2D eigenvalue weighted by molar-refractivity contribution is 0.455. The van der Waals surface area contributed by atoms with Crippen LogP contribution in [0, 0.1) is 12.7 Å². The van der Waals surface area contributed by atoms with Gasteiger partial charge in [0.1, 0.15) is 18.2 Å². The summed E-state index contributed by atoms with van der Waals surface area (Å²) in [6.07, 6.45) is 4.83. The standard InChI is InChI=1S/C19H27FN6.HI/c1-14-23-24-18(26(14)3)12-21-19(22-17-9-4-5-10-17)25(2)13-15-7-6-8-16(20)11-15;/h6-8,11,17H,4-5,9-10,12-13H2,1-3H3,(H,21,22);1H. The molecular weight excluding hydrogens is 458 g/mol. The second-order valence-corrected chi connectivity index (χ2v) is 6.97. The van der Waals surface area contributed by atoms with Gasteiger partial charge in [0.15, 0.2) is 11.8 Å². The minimum absolute atomic E-state index is 0. The van der Waals surface area contributed by atoms with Gasteiger partial charge in [-0.2, -0.15) is 0 Å². The van der Waals surface area contributed by atoms with E-state index in [0.717, 1.165) is 36.0 Å². The summed E-state index contributed by atoms with van der Waals surface area (Å²) in [6, 6.07) is 7.15. The average Bonchev–Trinajstić information content (AvgIpc) is 3.23. The molecule has 1 fully saturated rings. The van der Waals surface area contributed by atoms with E-state index in [1.165, 1.54) is 18.9 Å². The van der Waals surface area contributed by atoms with Crippen LogP contribution in [0.1, 0.15) is 42.9 Å². The van der Waals surface area contributed by atoms with Crippen LogP contribution in [0.15, 0.2) is 29.3 Å². The molecule has 27 heavy (non-hydrogen) atoms. The third kappa shape index (κ3) is 5.88. The number of aromatic nitrogens is 3. The monoisotopic (exact) mass is 486 g/mol. The van der Waals surface area contributed by atoms with Crippen LogP contribution in [0.4, 0.5) is 4.39 Å². The van der Waals surface area contributed by atoms with Gasteiger partial charge in [0.25, 0.3) is 0 Å². The van der Waals surface area contributed by atoms with Crippen molar-refractivity contribution in [3.8, 4) is 0 Å². The topological polar surface area (TPSA) is 58.3 Å². The van der Waals surface area contributed by atoms with Crippen LogP contribution < -0.4 is 5.32 Å². The highest BCUT2D eigenvalue weighted by Gasteiger charge is 2.18. The molecule has 0 bridgehead atoms. The van der Waals surface area contributed by atoms with E-state index in [2.05, 4.69) is 15.5 Å². The van der Waals surface area contributed by atoms with E-state index in [1.807, 2.05) is 36.6 Å². The van der Waals surface area contributed by atoms with Crippen molar-refractivity contribution in [2.24, 2.45) is 12.0 Å². The summed E-state index contributed by atoms with van der Waals surface area (Å²) in [5.74, 6) is 2.30. The average molecular weight is 486 g/mol. The summed E-state index contributed by atoms with van der Waals surface area (Å²) in [6.45, 7) is 2.97. The number of aliphatic imine (C=N–C) groups is 1.